The first-order chi connectivity index (χ1) is 8.40. The van der Waals surface area contributed by atoms with Gasteiger partial charge in [0, 0.05) is 17.5 Å². The van der Waals surface area contributed by atoms with E-state index in [1.54, 1.807) is 7.11 Å². The molecule has 0 aliphatic heterocycles. The summed E-state index contributed by atoms with van der Waals surface area (Å²) in [5, 5.41) is 0. The van der Waals surface area contributed by atoms with Crippen molar-refractivity contribution in [1.82, 2.24) is 0 Å². The normalized spacial score (nSPS) is 11.4. The van der Waals surface area contributed by atoms with Crippen molar-refractivity contribution < 1.29 is 9.53 Å². The van der Waals surface area contributed by atoms with E-state index < -0.39 is 0 Å². The van der Waals surface area contributed by atoms with E-state index in [1.807, 2.05) is 18.2 Å². The molecule has 0 bridgehead atoms. The number of rotatable bonds is 5. The first kappa shape index (κ1) is 14.7. The number of Topliss-reactive ketones (excluding diaryl/α,β-unsaturated/α-hetero) is 1. The zero-order valence-electron chi connectivity index (χ0n) is 11.7. The number of carbonyl (C=O) groups excluding carboxylic acids is 1. The van der Waals surface area contributed by atoms with Gasteiger partial charge in [-0.15, -0.1) is 0 Å². The second kappa shape index (κ2) is 6.01. The molecule has 0 heterocycles. The lowest BCUT2D eigenvalue weighted by molar-refractivity contribution is 0.0980. The van der Waals surface area contributed by atoms with E-state index in [9.17, 15) is 4.79 Å². The highest BCUT2D eigenvalue weighted by Gasteiger charge is 2.20. The molecule has 0 atom stereocenters. The average molecular weight is 249 g/mol. The Labute approximate surface area is 109 Å². The van der Waals surface area contributed by atoms with Crippen LogP contribution in [0.2, 0.25) is 0 Å². The number of ether oxygens (including phenoxy) is 1. The Hall–Kier alpha value is -1.35. The van der Waals surface area contributed by atoms with E-state index in [4.69, 9.17) is 10.5 Å². The van der Waals surface area contributed by atoms with E-state index >= 15 is 0 Å². The summed E-state index contributed by atoms with van der Waals surface area (Å²) in [5.41, 5.74) is 7.18. The Morgan fingerprint density at radius 3 is 2.50 bits per heavy atom. The fourth-order valence-electron chi connectivity index (χ4n) is 1.87. The van der Waals surface area contributed by atoms with E-state index in [1.165, 1.54) is 0 Å². The third kappa shape index (κ3) is 3.57. The summed E-state index contributed by atoms with van der Waals surface area (Å²) >= 11 is 0. The molecule has 1 aromatic rings. The van der Waals surface area contributed by atoms with Gasteiger partial charge in [0.05, 0.1) is 7.11 Å². The highest BCUT2D eigenvalue weighted by molar-refractivity contribution is 5.96. The van der Waals surface area contributed by atoms with Crippen molar-refractivity contribution >= 4 is 5.78 Å². The molecule has 0 aromatic heterocycles. The van der Waals surface area contributed by atoms with Gasteiger partial charge in [-0.05, 0) is 36.6 Å². The van der Waals surface area contributed by atoms with Gasteiger partial charge in [-0.3, -0.25) is 4.79 Å². The first-order valence-corrected chi connectivity index (χ1v) is 6.32. The van der Waals surface area contributed by atoms with Crippen LogP contribution in [0.3, 0.4) is 0 Å². The summed E-state index contributed by atoms with van der Waals surface area (Å²) in [4.78, 5) is 12.0. The third-order valence-corrected chi connectivity index (χ3v) is 2.94. The molecule has 0 unspecified atom stereocenters. The van der Waals surface area contributed by atoms with Crippen LogP contribution in [0.15, 0.2) is 18.2 Å². The standard InChI is InChI=1S/C15H23NO2/c1-15(2,3)12-10-11(7-8-14(12)18-4)13(17)6-5-9-16/h7-8,10H,5-6,9,16H2,1-4H3. The van der Waals surface area contributed by atoms with Crippen LogP contribution >= 0.6 is 0 Å². The largest absolute Gasteiger partial charge is 0.496 e. The highest BCUT2D eigenvalue weighted by Crippen LogP contribution is 2.32. The Morgan fingerprint density at radius 1 is 1.33 bits per heavy atom. The van der Waals surface area contributed by atoms with Gasteiger partial charge in [-0.2, -0.15) is 0 Å². The van der Waals surface area contributed by atoms with Crippen molar-refractivity contribution in [3.8, 4) is 5.75 Å². The van der Waals surface area contributed by atoms with Crippen LogP contribution < -0.4 is 10.5 Å². The SMILES string of the molecule is COc1ccc(C(=O)CCCN)cc1C(C)(C)C. The maximum atomic E-state index is 12.0. The lowest BCUT2D eigenvalue weighted by atomic mass is 9.84. The van der Waals surface area contributed by atoms with Gasteiger partial charge in [0.1, 0.15) is 5.75 Å². The van der Waals surface area contributed by atoms with Gasteiger partial charge >= 0.3 is 0 Å². The molecule has 0 saturated carbocycles. The number of carbonyl (C=O) groups is 1. The summed E-state index contributed by atoms with van der Waals surface area (Å²) in [7, 11) is 1.65. The Morgan fingerprint density at radius 2 is 2.00 bits per heavy atom. The van der Waals surface area contributed by atoms with Crippen molar-refractivity contribution in [2.75, 3.05) is 13.7 Å². The molecule has 0 fully saturated rings. The van der Waals surface area contributed by atoms with Crippen molar-refractivity contribution in [2.45, 2.75) is 39.0 Å². The second-order valence-corrected chi connectivity index (χ2v) is 5.48. The van der Waals surface area contributed by atoms with Gasteiger partial charge in [0.2, 0.25) is 0 Å². The van der Waals surface area contributed by atoms with Crippen molar-refractivity contribution in [1.29, 1.82) is 0 Å². The predicted octanol–water partition coefficient (Wildman–Crippen LogP) is 2.91. The van der Waals surface area contributed by atoms with Crippen LogP contribution in [0.25, 0.3) is 0 Å². The molecule has 100 valence electrons. The van der Waals surface area contributed by atoms with E-state index in [2.05, 4.69) is 20.8 Å². The maximum absolute atomic E-state index is 12.0. The summed E-state index contributed by atoms with van der Waals surface area (Å²) in [5.74, 6) is 0.978. The van der Waals surface area contributed by atoms with Gasteiger partial charge in [-0.25, -0.2) is 0 Å². The van der Waals surface area contributed by atoms with Crippen LogP contribution in [-0.4, -0.2) is 19.4 Å². The highest BCUT2D eigenvalue weighted by atomic mass is 16.5. The quantitative estimate of drug-likeness (QED) is 0.816. The van der Waals surface area contributed by atoms with Crippen molar-refractivity contribution in [3.05, 3.63) is 29.3 Å². The van der Waals surface area contributed by atoms with Crippen molar-refractivity contribution in [2.24, 2.45) is 5.73 Å². The zero-order valence-corrected chi connectivity index (χ0v) is 11.7. The van der Waals surface area contributed by atoms with Gasteiger partial charge in [0.15, 0.2) is 5.78 Å². The zero-order chi connectivity index (χ0) is 13.8. The van der Waals surface area contributed by atoms with Crippen LogP contribution in [0.5, 0.6) is 5.75 Å². The number of hydrogen-bond acceptors (Lipinski definition) is 3. The molecule has 2 N–H and O–H groups in total. The maximum Gasteiger partial charge on any atom is 0.162 e. The Kier molecular flexibility index (Phi) is 4.91. The fourth-order valence-corrected chi connectivity index (χ4v) is 1.87. The molecule has 0 spiro atoms. The van der Waals surface area contributed by atoms with Gasteiger partial charge < -0.3 is 10.5 Å². The smallest absolute Gasteiger partial charge is 0.162 e. The van der Waals surface area contributed by atoms with E-state index in [-0.39, 0.29) is 11.2 Å². The lowest BCUT2D eigenvalue weighted by Crippen LogP contribution is -2.14. The topological polar surface area (TPSA) is 52.3 Å². The molecule has 1 rings (SSSR count). The van der Waals surface area contributed by atoms with E-state index in [0.717, 1.165) is 23.3 Å². The first-order valence-electron chi connectivity index (χ1n) is 6.32. The van der Waals surface area contributed by atoms with Crippen molar-refractivity contribution in [3.63, 3.8) is 0 Å². The molecule has 0 radical (unpaired) electrons. The molecule has 1 aromatic carbocycles. The minimum absolute atomic E-state index is 0.0461. The molecule has 0 saturated heterocycles. The summed E-state index contributed by atoms with van der Waals surface area (Å²) in [6, 6.07) is 5.64. The molecule has 3 nitrogen and oxygen atoms in total. The summed E-state index contributed by atoms with van der Waals surface area (Å²) < 4.78 is 5.36. The van der Waals surface area contributed by atoms with Crippen LogP contribution in [-0.2, 0) is 5.41 Å². The number of methoxy groups -OCH3 is 1. The third-order valence-electron chi connectivity index (χ3n) is 2.94. The minimum atomic E-state index is -0.0461. The second-order valence-electron chi connectivity index (χ2n) is 5.48. The van der Waals surface area contributed by atoms with Crippen LogP contribution in [0.4, 0.5) is 0 Å². The monoisotopic (exact) mass is 249 g/mol. The predicted molar refractivity (Wildman–Crippen MR) is 74.3 cm³/mol. The number of nitrogens with two attached hydrogens (primary N) is 1. The molecular formula is C15H23NO2. The minimum Gasteiger partial charge on any atom is -0.496 e. The van der Waals surface area contributed by atoms with Gasteiger partial charge in [0.25, 0.3) is 0 Å². The molecule has 3 heteroatoms. The van der Waals surface area contributed by atoms with E-state index in [0.29, 0.717) is 13.0 Å². The molecule has 0 amide bonds. The molecule has 18 heavy (non-hydrogen) atoms. The number of hydrogen-bond donors (Lipinski definition) is 1. The van der Waals surface area contributed by atoms with Crippen LogP contribution in [0, 0.1) is 0 Å². The fraction of sp³-hybridized carbons (Fsp3) is 0.533. The molecule has 0 aliphatic rings. The van der Waals surface area contributed by atoms with Crippen LogP contribution in [0.1, 0.15) is 49.5 Å². The van der Waals surface area contributed by atoms with Gasteiger partial charge in [-0.1, -0.05) is 20.8 Å². The summed E-state index contributed by atoms with van der Waals surface area (Å²) in [6.45, 7) is 6.88. The average Bonchev–Trinajstić information content (AvgIpc) is 2.34. The number of benzene rings is 1. The summed E-state index contributed by atoms with van der Waals surface area (Å²) in [6.07, 6.45) is 1.24. The molecular weight excluding hydrogens is 226 g/mol. The molecule has 0 aliphatic carbocycles. The Bertz CT molecular complexity index is 419. The Balaban J connectivity index is 3.07. The number of ketones is 1. The lowest BCUT2D eigenvalue weighted by Gasteiger charge is -2.22.